The highest BCUT2D eigenvalue weighted by Crippen LogP contribution is 2.27. The normalized spacial score (nSPS) is 13.9. The molecular formula is C23H22F3N5O3. The quantitative estimate of drug-likeness (QED) is 0.544. The highest BCUT2D eigenvalue weighted by molar-refractivity contribution is 6.06. The number of carbonyl (C=O) groups excluding carboxylic acids is 1. The third-order valence-electron chi connectivity index (χ3n) is 4.91. The lowest BCUT2D eigenvalue weighted by atomic mass is 10.2. The fourth-order valence-electron chi connectivity index (χ4n) is 3.37. The molecule has 11 heteroatoms. The molecule has 2 N–H and O–H groups in total. The van der Waals surface area contributed by atoms with Crippen molar-refractivity contribution in [2.45, 2.75) is 13.3 Å². The number of anilines is 4. The number of aromatic nitrogens is 2. The SMILES string of the molecule is Cc1cc(Nc2ccc(NC(=O)c3ccccc3OC(F)(F)F)cc2)nc(N2CCOCC2)n1. The first kappa shape index (κ1) is 23.3. The largest absolute Gasteiger partial charge is 0.573 e. The Labute approximate surface area is 193 Å². The lowest BCUT2D eigenvalue weighted by Crippen LogP contribution is -2.37. The fourth-order valence-corrected chi connectivity index (χ4v) is 3.37. The summed E-state index contributed by atoms with van der Waals surface area (Å²) in [7, 11) is 0. The Morgan fingerprint density at radius 2 is 1.71 bits per heavy atom. The van der Waals surface area contributed by atoms with Crippen LogP contribution >= 0.6 is 0 Å². The van der Waals surface area contributed by atoms with Crippen LogP contribution in [0.15, 0.2) is 54.6 Å². The van der Waals surface area contributed by atoms with E-state index in [2.05, 4.69) is 30.2 Å². The van der Waals surface area contributed by atoms with Crippen molar-refractivity contribution >= 4 is 29.0 Å². The minimum atomic E-state index is -4.90. The monoisotopic (exact) mass is 473 g/mol. The number of para-hydroxylation sites is 1. The molecule has 0 atom stereocenters. The average molecular weight is 473 g/mol. The third-order valence-corrected chi connectivity index (χ3v) is 4.91. The number of benzene rings is 2. The van der Waals surface area contributed by atoms with Crippen molar-refractivity contribution in [2.24, 2.45) is 0 Å². The lowest BCUT2D eigenvalue weighted by Gasteiger charge is -2.27. The van der Waals surface area contributed by atoms with Gasteiger partial charge in [-0.15, -0.1) is 13.2 Å². The van der Waals surface area contributed by atoms with Gasteiger partial charge < -0.3 is 25.0 Å². The van der Waals surface area contributed by atoms with E-state index in [0.29, 0.717) is 49.4 Å². The molecule has 3 aromatic rings. The van der Waals surface area contributed by atoms with Crippen molar-refractivity contribution in [3.05, 3.63) is 65.9 Å². The van der Waals surface area contributed by atoms with Crippen molar-refractivity contribution in [3.8, 4) is 5.75 Å². The zero-order valence-electron chi connectivity index (χ0n) is 18.2. The molecule has 8 nitrogen and oxygen atoms in total. The predicted molar refractivity (Wildman–Crippen MR) is 121 cm³/mol. The van der Waals surface area contributed by atoms with E-state index in [9.17, 15) is 18.0 Å². The van der Waals surface area contributed by atoms with Crippen LogP contribution in [0, 0.1) is 6.92 Å². The zero-order chi connectivity index (χ0) is 24.1. The van der Waals surface area contributed by atoms with Crippen molar-refractivity contribution in [3.63, 3.8) is 0 Å². The number of hydrogen-bond acceptors (Lipinski definition) is 7. The van der Waals surface area contributed by atoms with Gasteiger partial charge in [0.05, 0.1) is 18.8 Å². The molecule has 34 heavy (non-hydrogen) atoms. The minimum absolute atomic E-state index is 0.228. The summed E-state index contributed by atoms with van der Waals surface area (Å²) in [5.74, 6) is -0.0541. The number of nitrogens with zero attached hydrogens (tertiary/aromatic N) is 3. The first-order chi connectivity index (χ1) is 16.3. The summed E-state index contributed by atoms with van der Waals surface area (Å²) in [4.78, 5) is 23.6. The average Bonchev–Trinajstić information content (AvgIpc) is 2.80. The molecule has 1 saturated heterocycles. The number of morpholine rings is 1. The number of halogens is 3. The maximum atomic E-state index is 12.6. The van der Waals surface area contributed by atoms with Gasteiger partial charge in [-0.1, -0.05) is 12.1 Å². The van der Waals surface area contributed by atoms with Crippen LogP contribution in [0.5, 0.6) is 5.75 Å². The van der Waals surface area contributed by atoms with E-state index in [1.54, 1.807) is 24.3 Å². The molecule has 4 rings (SSSR count). The first-order valence-electron chi connectivity index (χ1n) is 10.5. The van der Waals surface area contributed by atoms with Crippen molar-refractivity contribution in [2.75, 3.05) is 41.8 Å². The van der Waals surface area contributed by atoms with Gasteiger partial charge in [0.2, 0.25) is 5.95 Å². The molecule has 2 aromatic carbocycles. The summed E-state index contributed by atoms with van der Waals surface area (Å²) in [5, 5.41) is 5.78. The molecule has 0 aliphatic carbocycles. The maximum Gasteiger partial charge on any atom is 0.573 e. The number of rotatable bonds is 6. The number of aryl methyl sites for hydroxylation is 1. The van der Waals surface area contributed by atoms with Crippen LogP contribution in [-0.2, 0) is 4.74 Å². The zero-order valence-corrected chi connectivity index (χ0v) is 18.2. The number of nitrogens with one attached hydrogen (secondary N) is 2. The Kier molecular flexibility index (Phi) is 6.82. The second-order valence-electron chi connectivity index (χ2n) is 7.49. The smallest absolute Gasteiger partial charge is 0.405 e. The number of ether oxygens (including phenoxy) is 2. The minimum Gasteiger partial charge on any atom is -0.405 e. The highest BCUT2D eigenvalue weighted by atomic mass is 19.4. The van der Waals surface area contributed by atoms with Gasteiger partial charge >= 0.3 is 6.36 Å². The van der Waals surface area contributed by atoms with Gasteiger partial charge in [-0.05, 0) is 43.3 Å². The Hall–Kier alpha value is -3.86. The van der Waals surface area contributed by atoms with Crippen LogP contribution in [0.2, 0.25) is 0 Å². The van der Waals surface area contributed by atoms with Gasteiger partial charge in [0.1, 0.15) is 11.6 Å². The Bertz CT molecular complexity index is 1150. The first-order valence-corrected chi connectivity index (χ1v) is 10.5. The summed E-state index contributed by atoms with van der Waals surface area (Å²) in [6, 6.07) is 13.7. The molecule has 1 aliphatic heterocycles. The van der Waals surface area contributed by atoms with Gasteiger partial charge in [-0.3, -0.25) is 4.79 Å². The standard InChI is InChI=1S/C23H22F3N5O3/c1-15-14-20(30-22(27-15)31-10-12-33-13-11-31)28-16-6-8-17(9-7-16)29-21(32)18-4-2-3-5-19(18)34-23(24,25)26/h2-9,14H,10-13H2,1H3,(H,29,32)(H,27,28,30). The second kappa shape index (κ2) is 9.96. The van der Waals surface area contributed by atoms with E-state index in [1.165, 1.54) is 18.2 Å². The maximum absolute atomic E-state index is 12.6. The van der Waals surface area contributed by atoms with E-state index < -0.39 is 18.0 Å². The molecule has 2 heterocycles. The van der Waals surface area contributed by atoms with Crippen LogP contribution < -0.4 is 20.3 Å². The van der Waals surface area contributed by atoms with Crippen LogP contribution in [0.4, 0.5) is 36.3 Å². The Morgan fingerprint density at radius 3 is 2.41 bits per heavy atom. The molecule has 0 unspecified atom stereocenters. The number of carbonyl (C=O) groups is 1. The van der Waals surface area contributed by atoms with E-state index in [4.69, 9.17) is 4.74 Å². The van der Waals surface area contributed by atoms with Crippen molar-refractivity contribution in [1.29, 1.82) is 0 Å². The molecule has 1 fully saturated rings. The van der Waals surface area contributed by atoms with Gasteiger partial charge in [-0.25, -0.2) is 4.98 Å². The summed E-state index contributed by atoms with van der Waals surface area (Å²) in [5.41, 5.74) is 1.70. The topological polar surface area (TPSA) is 88.6 Å². The third kappa shape index (κ3) is 6.13. The molecular weight excluding hydrogens is 451 g/mol. The lowest BCUT2D eigenvalue weighted by molar-refractivity contribution is -0.274. The summed E-state index contributed by atoms with van der Waals surface area (Å²) in [6.07, 6.45) is -4.90. The van der Waals surface area contributed by atoms with Crippen molar-refractivity contribution in [1.82, 2.24) is 9.97 Å². The summed E-state index contributed by atoms with van der Waals surface area (Å²) in [6.45, 7) is 4.57. The highest BCUT2D eigenvalue weighted by Gasteiger charge is 2.32. The van der Waals surface area contributed by atoms with Gasteiger partial charge in [0.25, 0.3) is 5.91 Å². The van der Waals surface area contributed by atoms with E-state index in [1.807, 2.05) is 13.0 Å². The van der Waals surface area contributed by atoms with E-state index >= 15 is 0 Å². The van der Waals surface area contributed by atoms with Gasteiger partial charge in [0, 0.05) is 36.2 Å². The van der Waals surface area contributed by atoms with Gasteiger partial charge in [0.15, 0.2) is 0 Å². The van der Waals surface area contributed by atoms with Crippen molar-refractivity contribution < 1.29 is 27.4 Å². The molecule has 0 radical (unpaired) electrons. The number of alkyl halides is 3. The molecule has 178 valence electrons. The fraction of sp³-hybridized carbons (Fsp3) is 0.261. The summed E-state index contributed by atoms with van der Waals surface area (Å²) >= 11 is 0. The second-order valence-corrected chi connectivity index (χ2v) is 7.49. The number of amides is 1. The molecule has 1 aromatic heterocycles. The van der Waals surface area contributed by atoms with Crippen LogP contribution in [-0.4, -0.2) is 48.5 Å². The molecule has 1 aliphatic rings. The molecule has 0 saturated carbocycles. The van der Waals surface area contributed by atoms with Crippen LogP contribution in [0.1, 0.15) is 16.1 Å². The molecule has 1 amide bonds. The van der Waals surface area contributed by atoms with Crippen LogP contribution in [0.25, 0.3) is 0 Å². The van der Waals surface area contributed by atoms with E-state index in [0.717, 1.165) is 11.8 Å². The number of hydrogen-bond donors (Lipinski definition) is 2. The summed E-state index contributed by atoms with van der Waals surface area (Å²) < 4.78 is 47.2. The molecule has 0 spiro atoms. The van der Waals surface area contributed by atoms with Gasteiger partial charge in [-0.2, -0.15) is 4.98 Å². The Morgan fingerprint density at radius 1 is 1.03 bits per heavy atom. The van der Waals surface area contributed by atoms with Crippen LogP contribution in [0.3, 0.4) is 0 Å². The molecule has 0 bridgehead atoms. The Balaban J connectivity index is 1.43. The predicted octanol–water partition coefficient (Wildman–Crippen LogP) is 4.52. The van der Waals surface area contributed by atoms with E-state index in [-0.39, 0.29) is 5.56 Å².